The lowest BCUT2D eigenvalue weighted by Gasteiger charge is -2.11. The Balaban J connectivity index is 1.67. The van der Waals surface area contributed by atoms with Crippen LogP contribution in [0, 0.1) is 11.8 Å². The summed E-state index contributed by atoms with van der Waals surface area (Å²) in [5.74, 6) is 5.49. The number of carbonyl (C=O) groups is 2. The largest absolute Gasteiger partial charge is 0.378 e. The van der Waals surface area contributed by atoms with E-state index in [0.29, 0.717) is 16.7 Å². The van der Waals surface area contributed by atoms with Crippen LogP contribution in [0.25, 0.3) is 0 Å². The average Bonchev–Trinajstić information content (AvgIpc) is 2.77. The van der Waals surface area contributed by atoms with Crippen LogP contribution in [0.15, 0.2) is 78.9 Å². The van der Waals surface area contributed by atoms with Gasteiger partial charge in [-0.15, -0.1) is 0 Å². The van der Waals surface area contributed by atoms with Crippen molar-refractivity contribution < 1.29 is 9.59 Å². The summed E-state index contributed by atoms with van der Waals surface area (Å²) in [6, 6.07) is 23.6. The number of hydrogen-bond donors (Lipinski definition) is 1. The van der Waals surface area contributed by atoms with E-state index in [1.165, 1.54) is 0 Å². The first kappa shape index (κ1) is 19.9. The fourth-order valence-corrected chi connectivity index (χ4v) is 2.83. The number of carbonyl (C=O) groups excluding carboxylic acids is 2. The van der Waals surface area contributed by atoms with E-state index in [1.807, 2.05) is 49.3 Å². The molecule has 29 heavy (non-hydrogen) atoms. The maximum Gasteiger partial charge on any atom is 0.252 e. The molecule has 0 aliphatic rings. The molecule has 0 unspecified atom stereocenters. The van der Waals surface area contributed by atoms with Gasteiger partial charge in [0, 0.05) is 36.5 Å². The molecule has 3 rings (SSSR count). The van der Waals surface area contributed by atoms with E-state index in [9.17, 15) is 9.59 Å². The van der Waals surface area contributed by atoms with Gasteiger partial charge in [0.05, 0.1) is 12.1 Å². The van der Waals surface area contributed by atoms with Crippen LogP contribution < -0.4 is 10.2 Å². The van der Waals surface area contributed by atoms with Crippen molar-refractivity contribution in [1.29, 1.82) is 0 Å². The van der Waals surface area contributed by atoms with Crippen molar-refractivity contribution in [1.82, 2.24) is 5.32 Å². The normalized spacial score (nSPS) is 9.86. The second kappa shape index (κ2) is 9.38. The van der Waals surface area contributed by atoms with Gasteiger partial charge in [0.15, 0.2) is 5.78 Å². The van der Waals surface area contributed by atoms with Crippen LogP contribution >= 0.6 is 0 Å². The Labute approximate surface area is 171 Å². The molecule has 0 heterocycles. The SMILES string of the molecule is CN(C)c1ccc(C#CCNC(=O)c2ccccc2C(=O)c2ccccc2)cc1. The van der Waals surface area contributed by atoms with E-state index in [-0.39, 0.29) is 18.2 Å². The minimum atomic E-state index is -0.317. The zero-order valence-corrected chi connectivity index (χ0v) is 16.5. The Morgan fingerprint density at radius 2 is 1.45 bits per heavy atom. The second-order valence-corrected chi connectivity index (χ2v) is 6.67. The van der Waals surface area contributed by atoms with Crippen molar-refractivity contribution in [3.63, 3.8) is 0 Å². The lowest BCUT2D eigenvalue weighted by Crippen LogP contribution is -2.25. The van der Waals surface area contributed by atoms with Gasteiger partial charge in [-0.3, -0.25) is 9.59 Å². The molecule has 144 valence electrons. The summed E-state index contributed by atoms with van der Waals surface area (Å²) < 4.78 is 0. The molecule has 0 saturated heterocycles. The van der Waals surface area contributed by atoms with Crippen LogP contribution in [0.2, 0.25) is 0 Å². The van der Waals surface area contributed by atoms with Gasteiger partial charge in [-0.25, -0.2) is 0 Å². The minimum Gasteiger partial charge on any atom is -0.378 e. The molecule has 3 aromatic rings. The van der Waals surface area contributed by atoms with Crippen LogP contribution in [0.4, 0.5) is 5.69 Å². The van der Waals surface area contributed by atoms with Crippen molar-refractivity contribution in [3.05, 3.63) is 101 Å². The molecule has 0 saturated carbocycles. The summed E-state index contributed by atoms with van der Waals surface area (Å²) in [7, 11) is 3.97. The number of amides is 1. The molecule has 0 atom stereocenters. The number of rotatable bonds is 5. The molecule has 0 aliphatic carbocycles. The van der Waals surface area contributed by atoms with E-state index < -0.39 is 0 Å². The van der Waals surface area contributed by atoms with Crippen LogP contribution in [0.5, 0.6) is 0 Å². The highest BCUT2D eigenvalue weighted by molar-refractivity contribution is 6.15. The molecule has 4 nitrogen and oxygen atoms in total. The summed E-state index contributed by atoms with van der Waals surface area (Å²) >= 11 is 0. The summed E-state index contributed by atoms with van der Waals surface area (Å²) in [5, 5.41) is 2.77. The summed E-state index contributed by atoms with van der Waals surface area (Å²) in [6.07, 6.45) is 0. The summed E-state index contributed by atoms with van der Waals surface area (Å²) in [6.45, 7) is 0.197. The van der Waals surface area contributed by atoms with E-state index in [2.05, 4.69) is 17.2 Å². The minimum absolute atomic E-state index is 0.177. The van der Waals surface area contributed by atoms with Crippen molar-refractivity contribution in [2.75, 3.05) is 25.5 Å². The Hall–Kier alpha value is -3.84. The number of nitrogens with zero attached hydrogens (tertiary/aromatic N) is 1. The first-order valence-electron chi connectivity index (χ1n) is 9.29. The van der Waals surface area contributed by atoms with Crippen LogP contribution in [-0.4, -0.2) is 32.3 Å². The maximum atomic E-state index is 12.8. The van der Waals surface area contributed by atoms with Crippen molar-refractivity contribution in [2.45, 2.75) is 0 Å². The van der Waals surface area contributed by atoms with Gasteiger partial charge in [-0.1, -0.05) is 60.4 Å². The smallest absolute Gasteiger partial charge is 0.252 e. The van der Waals surface area contributed by atoms with Crippen molar-refractivity contribution in [3.8, 4) is 11.8 Å². The molecular formula is C25H22N2O2. The van der Waals surface area contributed by atoms with Crippen molar-refractivity contribution in [2.24, 2.45) is 0 Å². The molecule has 1 amide bonds. The fourth-order valence-electron chi connectivity index (χ4n) is 2.83. The second-order valence-electron chi connectivity index (χ2n) is 6.67. The van der Waals surface area contributed by atoms with Crippen LogP contribution in [0.3, 0.4) is 0 Å². The monoisotopic (exact) mass is 382 g/mol. The van der Waals surface area contributed by atoms with Gasteiger partial charge < -0.3 is 10.2 Å². The van der Waals surface area contributed by atoms with E-state index in [0.717, 1.165) is 11.3 Å². The average molecular weight is 382 g/mol. The lowest BCUT2D eigenvalue weighted by molar-refractivity contribution is 0.0946. The highest BCUT2D eigenvalue weighted by atomic mass is 16.2. The Kier molecular flexibility index (Phi) is 6.44. The number of benzene rings is 3. The topological polar surface area (TPSA) is 49.4 Å². The quantitative estimate of drug-likeness (QED) is 0.540. The van der Waals surface area contributed by atoms with E-state index in [4.69, 9.17) is 0 Å². The number of ketones is 1. The third kappa shape index (κ3) is 5.12. The molecule has 3 aromatic carbocycles. The van der Waals surface area contributed by atoms with E-state index in [1.54, 1.807) is 48.5 Å². The third-order valence-electron chi connectivity index (χ3n) is 4.41. The predicted octanol–water partition coefficient (Wildman–Crippen LogP) is 3.77. The van der Waals surface area contributed by atoms with Gasteiger partial charge in [-0.05, 0) is 30.3 Å². The summed E-state index contributed by atoms with van der Waals surface area (Å²) in [5.41, 5.74) is 3.25. The number of nitrogens with one attached hydrogen (secondary N) is 1. The molecular weight excluding hydrogens is 360 g/mol. The van der Waals surface area contributed by atoms with Gasteiger partial charge in [0.25, 0.3) is 5.91 Å². The Morgan fingerprint density at radius 1 is 0.828 bits per heavy atom. The highest BCUT2D eigenvalue weighted by Gasteiger charge is 2.17. The highest BCUT2D eigenvalue weighted by Crippen LogP contribution is 2.15. The third-order valence-corrected chi connectivity index (χ3v) is 4.41. The molecule has 1 N–H and O–H groups in total. The van der Waals surface area contributed by atoms with E-state index >= 15 is 0 Å². The van der Waals surface area contributed by atoms with Gasteiger partial charge in [0.1, 0.15) is 0 Å². The molecule has 0 bridgehead atoms. The van der Waals surface area contributed by atoms with Gasteiger partial charge in [-0.2, -0.15) is 0 Å². The molecule has 0 aliphatic heterocycles. The number of hydrogen-bond acceptors (Lipinski definition) is 3. The molecule has 0 spiro atoms. The lowest BCUT2D eigenvalue weighted by atomic mass is 9.98. The maximum absolute atomic E-state index is 12.8. The molecule has 0 aromatic heterocycles. The van der Waals surface area contributed by atoms with Gasteiger partial charge >= 0.3 is 0 Å². The fraction of sp³-hybridized carbons (Fsp3) is 0.120. The zero-order valence-electron chi connectivity index (χ0n) is 16.5. The standard InChI is InChI=1S/C25H22N2O2/c1-27(2)21-16-14-19(15-17-21)9-8-18-26-25(29)23-13-7-6-12-22(23)24(28)20-10-4-3-5-11-20/h3-7,10-17H,18H2,1-2H3,(H,26,29). The van der Waals surface area contributed by atoms with Crippen LogP contribution in [0.1, 0.15) is 31.8 Å². The summed E-state index contributed by atoms with van der Waals surface area (Å²) in [4.78, 5) is 27.4. The first-order valence-corrected chi connectivity index (χ1v) is 9.29. The Bertz CT molecular complexity index is 1060. The van der Waals surface area contributed by atoms with Crippen molar-refractivity contribution >= 4 is 17.4 Å². The Morgan fingerprint density at radius 3 is 2.10 bits per heavy atom. The molecule has 4 heteroatoms. The number of anilines is 1. The molecule has 0 fully saturated rings. The first-order chi connectivity index (χ1) is 14.1. The molecule has 0 radical (unpaired) electrons. The zero-order chi connectivity index (χ0) is 20.6. The van der Waals surface area contributed by atoms with Crippen LogP contribution in [-0.2, 0) is 0 Å². The predicted molar refractivity (Wildman–Crippen MR) is 116 cm³/mol. The van der Waals surface area contributed by atoms with Gasteiger partial charge in [0.2, 0.25) is 0 Å².